The molecule has 2 heterocycles. The number of non-ortho nitro benzene ring substituents is 1. The maximum atomic E-state index is 11.4. The molecule has 0 radical (unpaired) electrons. The molecule has 5 aromatic rings. The number of rotatable bonds is 6. The highest BCUT2D eigenvalue weighted by molar-refractivity contribution is 5.99. The zero-order valence-electron chi connectivity index (χ0n) is 18.6. The quantitative estimate of drug-likeness (QED) is 0.262. The molecule has 0 aliphatic heterocycles. The summed E-state index contributed by atoms with van der Waals surface area (Å²) in [6.07, 6.45) is 3.47. The van der Waals surface area contributed by atoms with Gasteiger partial charge in [-0.1, -0.05) is 36.4 Å². The van der Waals surface area contributed by atoms with Gasteiger partial charge in [0.1, 0.15) is 23.7 Å². The molecular formula is C26H21N5O3. The van der Waals surface area contributed by atoms with Gasteiger partial charge in [-0.2, -0.15) is 0 Å². The van der Waals surface area contributed by atoms with Crippen molar-refractivity contribution >= 4 is 22.4 Å². The molecule has 0 unspecified atom stereocenters. The Labute approximate surface area is 195 Å². The first-order chi connectivity index (χ1) is 16.6. The largest absolute Gasteiger partial charge is 0.497 e. The molecule has 1 N–H and O–H groups in total. The van der Waals surface area contributed by atoms with Crippen LogP contribution in [0.1, 0.15) is 0 Å². The van der Waals surface area contributed by atoms with Crippen LogP contribution in [-0.2, 0) is 0 Å². The monoisotopic (exact) mass is 451 g/mol. The van der Waals surface area contributed by atoms with Gasteiger partial charge in [0, 0.05) is 42.4 Å². The molecule has 2 aromatic heterocycles. The number of nitro groups is 1. The zero-order valence-corrected chi connectivity index (χ0v) is 18.6. The van der Waals surface area contributed by atoms with E-state index in [1.807, 2.05) is 59.3 Å². The van der Waals surface area contributed by atoms with Crippen molar-refractivity contribution in [3.63, 3.8) is 0 Å². The van der Waals surface area contributed by atoms with Crippen molar-refractivity contribution in [1.82, 2.24) is 14.5 Å². The summed E-state index contributed by atoms with van der Waals surface area (Å²) in [7, 11) is 3.45. The van der Waals surface area contributed by atoms with E-state index in [-0.39, 0.29) is 10.6 Å². The normalized spacial score (nSPS) is 10.9. The van der Waals surface area contributed by atoms with E-state index < -0.39 is 0 Å². The standard InChI is InChI=1S/C26H21N5O3/c1-27-25-14-26(29-16-28-25)30-15-23(19-4-3-5-20(12-19)31(32)33)22-11-8-18(13-24(22)30)17-6-9-21(34-2)10-7-17/h3-16H,1-2H3,(H,27,28,29). The van der Waals surface area contributed by atoms with Gasteiger partial charge in [-0.05, 0) is 34.9 Å². The highest BCUT2D eigenvalue weighted by Gasteiger charge is 2.16. The summed E-state index contributed by atoms with van der Waals surface area (Å²) >= 11 is 0. The highest BCUT2D eigenvalue weighted by Crippen LogP contribution is 2.36. The highest BCUT2D eigenvalue weighted by atomic mass is 16.6. The second-order valence-electron chi connectivity index (χ2n) is 7.69. The van der Waals surface area contributed by atoms with Crippen LogP contribution in [0.2, 0.25) is 0 Å². The molecular weight excluding hydrogens is 430 g/mol. The molecule has 8 heteroatoms. The van der Waals surface area contributed by atoms with Gasteiger partial charge in [0.2, 0.25) is 0 Å². The van der Waals surface area contributed by atoms with Gasteiger partial charge in [-0.25, -0.2) is 9.97 Å². The summed E-state index contributed by atoms with van der Waals surface area (Å²) < 4.78 is 7.27. The van der Waals surface area contributed by atoms with Crippen molar-refractivity contribution in [1.29, 1.82) is 0 Å². The summed E-state index contributed by atoms with van der Waals surface area (Å²) in [6.45, 7) is 0. The Balaban J connectivity index is 1.73. The van der Waals surface area contributed by atoms with E-state index in [1.54, 1.807) is 26.3 Å². The number of nitrogens with one attached hydrogen (secondary N) is 1. The van der Waals surface area contributed by atoms with Crippen molar-refractivity contribution < 1.29 is 9.66 Å². The first-order valence-electron chi connectivity index (χ1n) is 10.6. The number of aromatic nitrogens is 3. The smallest absolute Gasteiger partial charge is 0.270 e. The molecule has 0 bridgehead atoms. The Morgan fingerprint density at radius 3 is 2.47 bits per heavy atom. The molecule has 0 amide bonds. The van der Waals surface area contributed by atoms with E-state index in [0.29, 0.717) is 11.6 Å². The summed E-state index contributed by atoms with van der Waals surface area (Å²) in [5.74, 6) is 2.17. The van der Waals surface area contributed by atoms with Crippen LogP contribution in [0.5, 0.6) is 5.75 Å². The zero-order chi connectivity index (χ0) is 23.7. The topological polar surface area (TPSA) is 95.1 Å². The van der Waals surface area contributed by atoms with Crippen LogP contribution < -0.4 is 10.1 Å². The van der Waals surface area contributed by atoms with Gasteiger partial charge in [-0.15, -0.1) is 0 Å². The van der Waals surface area contributed by atoms with Crippen molar-refractivity contribution in [2.24, 2.45) is 0 Å². The number of benzene rings is 3. The number of nitrogens with zero attached hydrogens (tertiary/aromatic N) is 4. The van der Waals surface area contributed by atoms with Crippen LogP contribution in [0.15, 0.2) is 85.3 Å². The molecule has 0 aliphatic carbocycles. The predicted molar refractivity (Wildman–Crippen MR) is 132 cm³/mol. The minimum Gasteiger partial charge on any atom is -0.497 e. The van der Waals surface area contributed by atoms with E-state index >= 15 is 0 Å². The lowest BCUT2D eigenvalue weighted by Gasteiger charge is -2.08. The second-order valence-corrected chi connectivity index (χ2v) is 7.69. The second kappa shape index (κ2) is 8.67. The Hall–Kier alpha value is -4.72. The van der Waals surface area contributed by atoms with Crippen LogP contribution in [0.3, 0.4) is 0 Å². The lowest BCUT2D eigenvalue weighted by Crippen LogP contribution is -2.00. The third kappa shape index (κ3) is 3.81. The number of nitro benzene ring substituents is 1. The number of ether oxygens (including phenoxy) is 1. The summed E-state index contributed by atoms with van der Waals surface area (Å²) in [4.78, 5) is 19.7. The predicted octanol–water partition coefficient (Wildman–Crippen LogP) is 5.71. The van der Waals surface area contributed by atoms with E-state index in [4.69, 9.17) is 4.74 Å². The molecule has 0 atom stereocenters. The third-order valence-electron chi connectivity index (χ3n) is 5.75. The number of hydrogen-bond donors (Lipinski definition) is 1. The van der Waals surface area contributed by atoms with Gasteiger partial charge in [-0.3, -0.25) is 10.1 Å². The molecule has 3 aromatic carbocycles. The fourth-order valence-electron chi connectivity index (χ4n) is 4.01. The van der Waals surface area contributed by atoms with Crippen LogP contribution in [0.25, 0.3) is 39.0 Å². The van der Waals surface area contributed by atoms with Crippen molar-refractivity contribution in [2.75, 3.05) is 19.5 Å². The summed E-state index contributed by atoms with van der Waals surface area (Å²) in [5, 5.41) is 15.4. The van der Waals surface area contributed by atoms with Gasteiger partial charge in [0.15, 0.2) is 0 Å². The lowest BCUT2D eigenvalue weighted by molar-refractivity contribution is -0.384. The van der Waals surface area contributed by atoms with Crippen molar-refractivity contribution in [3.05, 3.63) is 95.4 Å². The molecule has 8 nitrogen and oxygen atoms in total. The third-order valence-corrected chi connectivity index (χ3v) is 5.75. The fourth-order valence-corrected chi connectivity index (χ4v) is 4.01. The lowest BCUT2D eigenvalue weighted by atomic mass is 10.0. The molecule has 5 rings (SSSR count). The number of fused-ring (bicyclic) bond motifs is 1. The Morgan fingerprint density at radius 2 is 1.74 bits per heavy atom. The van der Waals surface area contributed by atoms with Gasteiger partial charge >= 0.3 is 0 Å². The van der Waals surface area contributed by atoms with E-state index in [0.717, 1.165) is 38.9 Å². The van der Waals surface area contributed by atoms with Crippen LogP contribution in [0.4, 0.5) is 11.5 Å². The Morgan fingerprint density at radius 1 is 0.941 bits per heavy atom. The first kappa shape index (κ1) is 21.1. The number of methoxy groups -OCH3 is 1. The minimum atomic E-state index is -0.381. The van der Waals surface area contributed by atoms with Crippen molar-refractivity contribution in [2.45, 2.75) is 0 Å². The molecule has 0 fully saturated rings. The summed E-state index contributed by atoms with van der Waals surface area (Å²) in [5.41, 5.74) is 4.69. The molecule has 0 aliphatic rings. The molecule has 0 saturated heterocycles. The average molecular weight is 451 g/mol. The molecule has 168 valence electrons. The van der Waals surface area contributed by atoms with Crippen LogP contribution in [-0.4, -0.2) is 33.6 Å². The number of hydrogen-bond acceptors (Lipinski definition) is 6. The maximum Gasteiger partial charge on any atom is 0.270 e. The van der Waals surface area contributed by atoms with Gasteiger partial charge in [0.25, 0.3) is 5.69 Å². The number of anilines is 1. The SMILES string of the molecule is CNc1cc(-n2cc(-c3cccc([N+](=O)[O-])c3)c3ccc(-c4ccc(OC)cc4)cc32)ncn1. The van der Waals surface area contributed by atoms with Gasteiger partial charge in [0.05, 0.1) is 17.5 Å². The average Bonchev–Trinajstić information content (AvgIpc) is 3.28. The Bertz CT molecular complexity index is 1510. The van der Waals surface area contributed by atoms with Crippen LogP contribution in [0, 0.1) is 10.1 Å². The molecule has 0 spiro atoms. The van der Waals surface area contributed by atoms with Gasteiger partial charge < -0.3 is 14.6 Å². The van der Waals surface area contributed by atoms with E-state index in [1.165, 1.54) is 12.4 Å². The minimum absolute atomic E-state index is 0.0489. The first-order valence-corrected chi connectivity index (χ1v) is 10.6. The fraction of sp³-hybridized carbons (Fsp3) is 0.0769. The maximum absolute atomic E-state index is 11.4. The molecule has 0 saturated carbocycles. The van der Waals surface area contributed by atoms with Crippen LogP contribution >= 0.6 is 0 Å². The van der Waals surface area contributed by atoms with E-state index in [9.17, 15) is 10.1 Å². The molecule has 34 heavy (non-hydrogen) atoms. The van der Waals surface area contributed by atoms with Crippen molar-refractivity contribution in [3.8, 4) is 33.8 Å². The Kier molecular flexibility index (Phi) is 5.39. The van der Waals surface area contributed by atoms with E-state index in [2.05, 4.69) is 21.4 Å². The summed E-state index contributed by atoms with van der Waals surface area (Å²) in [6, 6.07) is 22.6.